The van der Waals surface area contributed by atoms with Crippen molar-refractivity contribution in [2.45, 2.75) is 25.4 Å². The molecule has 1 saturated carbocycles. The standard InChI is InChI=1S/C23H25N7O2S/c1-14-18(28-23(31)25-14)10-15-12-24-30-21(26-16-2-3-16)11-19(27-22(15)30)20-5-4-17(33-20)13-29-6-8-32-9-7-29/h4-5,10-12,16,26H,1-3,6-9,13H2,(H2,25,28,31)/b18-10-. The monoisotopic (exact) mass is 463 g/mol. The van der Waals surface area contributed by atoms with Crippen molar-refractivity contribution in [1.82, 2.24) is 29.5 Å². The third kappa shape index (κ3) is 4.24. The summed E-state index contributed by atoms with van der Waals surface area (Å²) in [6.07, 6.45) is 5.96. The van der Waals surface area contributed by atoms with Gasteiger partial charge in [-0.05, 0) is 31.1 Å². The van der Waals surface area contributed by atoms with Gasteiger partial charge in [-0.25, -0.2) is 9.78 Å². The molecule has 0 unspecified atom stereocenters. The largest absolute Gasteiger partial charge is 0.379 e. The number of nitrogens with zero attached hydrogens (tertiary/aromatic N) is 4. The van der Waals surface area contributed by atoms with Gasteiger partial charge in [-0.15, -0.1) is 11.3 Å². The van der Waals surface area contributed by atoms with Crippen LogP contribution in [0.1, 0.15) is 23.3 Å². The van der Waals surface area contributed by atoms with Crippen molar-refractivity contribution >= 4 is 35.5 Å². The van der Waals surface area contributed by atoms with Gasteiger partial charge < -0.3 is 20.0 Å². The van der Waals surface area contributed by atoms with E-state index in [1.54, 1.807) is 17.5 Å². The van der Waals surface area contributed by atoms with Crippen LogP contribution in [0.4, 0.5) is 5.82 Å². The molecule has 2 fully saturated rings. The number of anilines is 1. The minimum Gasteiger partial charge on any atom is -0.379 e. The second-order valence-electron chi connectivity index (χ2n) is 8.55. The first-order valence-electron chi connectivity index (χ1n) is 11.2. The van der Waals surface area contributed by atoms with Crippen molar-refractivity contribution in [2.75, 3.05) is 31.6 Å². The van der Waals surface area contributed by atoms with Gasteiger partial charge >= 0.3 is 5.69 Å². The van der Waals surface area contributed by atoms with Crippen LogP contribution in [0.5, 0.6) is 0 Å². The van der Waals surface area contributed by atoms with Crippen molar-refractivity contribution in [3.63, 3.8) is 0 Å². The number of hydrogen-bond acceptors (Lipinski definition) is 7. The maximum Gasteiger partial charge on any atom is 0.323 e. The molecular weight excluding hydrogens is 438 g/mol. The second-order valence-corrected chi connectivity index (χ2v) is 9.72. The highest BCUT2D eigenvalue weighted by atomic mass is 32.1. The van der Waals surface area contributed by atoms with E-state index in [1.807, 2.05) is 10.6 Å². The molecule has 33 heavy (non-hydrogen) atoms. The predicted octanol–water partition coefficient (Wildman–Crippen LogP) is 1.12. The van der Waals surface area contributed by atoms with Gasteiger partial charge in [0.2, 0.25) is 0 Å². The molecule has 3 N–H and O–H groups in total. The van der Waals surface area contributed by atoms with Gasteiger partial charge in [0.1, 0.15) is 5.82 Å². The molecule has 4 aromatic rings. The van der Waals surface area contributed by atoms with E-state index in [0.29, 0.717) is 16.7 Å². The minimum atomic E-state index is -0.279. The minimum absolute atomic E-state index is 0.279. The molecule has 0 bridgehead atoms. The van der Waals surface area contributed by atoms with Crippen LogP contribution in [0.25, 0.3) is 28.9 Å². The Morgan fingerprint density at radius 3 is 2.88 bits per heavy atom. The molecule has 2 aliphatic rings. The van der Waals surface area contributed by atoms with Gasteiger partial charge in [-0.2, -0.15) is 9.61 Å². The first-order valence-corrected chi connectivity index (χ1v) is 12.0. The maximum atomic E-state index is 11.6. The number of rotatable bonds is 6. The number of thiophene rings is 1. The third-order valence-electron chi connectivity index (χ3n) is 5.96. The van der Waals surface area contributed by atoms with E-state index >= 15 is 0 Å². The fraction of sp³-hybridized carbons (Fsp3) is 0.348. The summed E-state index contributed by atoms with van der Waals surface area (Å²) < 4.78 is 7.30. The summed E-state index contributed by atoms with van der Waals surface area (Å²) in [6, 6.07) is 6.90. The molecule has 0 radical (unpaired) electrons. The Morgan fingerprint density at radius 2 is 2.12 bits per heavy atom. The number of hydrogen-bond donors (Lipinski definition) is 3. The van der Waals surface area contributed by atoms with Gasteiger partial charge in [-0.3, -0.25) is 4.90 Å². The average molecular weight is 464 g/mol. The quantitative estimate of drug-likeness (QED) is 0.396. The van der Waals surface area contributed by atoms with Crippen LogP contribution in [0.3, 0.4) is 0 Å². The zero-order valence-electron chi connectivity index (χ0n) is 18.1. The zero-order chi connectivity index (χ0) is 22.4. The maximum absolute atomic E-state index is 11.6. The van der Waals surface area contributed by atoms with Crippen molar-refractivity contribution in [3.8, 4) is 10.6 Å². The topological polar surface area (TPSA) is 103 Å². The Morgan fingerprint density at radius 1 is 1.27 bits per heavy atom. The Balaban J connectivity index is 1.40. The van der Waals surface area contributed by atoms with Crippen molar-refractivity contribution in [3.05, 3.63) is 56.0 Å². The van der Waals surface area contributed by atoms with Crippen molar-refractivity contribution in [2.24, 2.45) is 0 Å². The predicted molar refractivity (Wildman–Crippen MR) is 129 cm³/mol. The molecule has 5 heterocycles. The summed E-state index contributed by atoms with van der Waals surface area (Å²) >= 11 is 1.77. The Bertz CT molecular complexity index is 1470. The molecule has 0 spiro atoms. The number of imidazole rings is 1. The molecule has 0 amide bonds. The summed E-state index contributed by atoms with van der Waals surface area (Å²) in [5, 5.41) is 9.33. The van der Waals surface area contributed by atoms with Crippen LogP contribution >= 0.6 is 11.3 Å². The summed E-state index contributed by atoms with van der Waals surface area (Å²) in [5.41, 5.74) is 2.19. The van der Waals surface area contributed by atoms with Gasteiger partial charge in [0.05, 0.1) is 40.7 Å². The highest BCUT2D eigenvalue weighted by molar-refractivity contribution is 7.15. The number of fused-ring (bicyclic) bond motifs is 1. The van der Waals surface area contributed by atoms with Gasteiger partial charge in [0.25, 0.3) is 0 Å². The molecule has 6 rings (SSSR count). The normalized spacial score (nSPS) is 17.8. The molecule has 1 aliphatic heterocycles. The Kier molecular flexibility index (Phi) is 5.12. The van der Waals surface area contributed by atoms with E-state index in [9.17, 15) is 4.79 Å². The number of H-pyrrole nitrogens is 2. The lowest BCUT2D eigenvalue weighted by molar-refractivity contribution is 0.0346. The summed E-state index contributed by atoms with van der Waals surface area (Å²) in [7, 11) is 0. The van der Waals surface area contributed by atoms with Crippen molar-refractivity contribution in [1.29, 1.82) is 0 Å². The smallest absolute Gasteiger partial charge is 0.323 e. The summed E-state index contributed by atoms with van der Waals surface area (Å²) in [5.74, 6) is 0.928. The molecule has 10 heteroatoms. The van der Waals surface area contributed by atoms with Crippen LogP contribution in [-0.4, -0.2) is 61.8 Å². The van der Waals surface area contributed by atoms with Gasteiger partial charge in [0.15, 0.2) is 5.65 Å². The van der Waals surface area contributed by atoms with E-state index in [2.05, 4.69) is 50.1 Å². The lowest BCUT2D eigenvalue weighted by Crippen LogP contribution is -2.35. The molecule has 0 atom stereocenters. The van der Waals surface area contributed by atoms with Crippen LogP contribution in [-0.2, 0) is 11.3 Å². The zero-order valence-corrected chi connectivity index (χ0v) is 19.0. The SMILES string of the molecule is C=c1[nH]c(=O)[nH]/c1=C\c1cnn2c(NC3CC3)cc(-c3ccc(CN4CCOCC4)s3)nc12. The number of aromatic amines is 2. The van der Waals surface area contributed by atoms with E-state index in [0.717, 1.165) is 73.3 Å². The molecule has 4 aromatic heterocycles. The highest BCUT2D eigenvalue weighted by Crippen LogP contribution is 2.32. The highest BCUT2D eigenvalue weighted by Gasteiger charge is 2.23. The lowest BCUT2D eigenvalue weighted by Gasteiger charge is -2.25. The van der Waals surface area contributed by atoms with E-state index in [4.69, 9.17) is 9.72 Å². The van der Waals surface area contributed by atoms with Crippen LogP contribution in [0, 0.1) is 0 Å². The van der Waals surface area contributed by atoms with Crippen LogP contribution in [0.2, 0.25) is 0 Å². The number of nitrogens with one attached hydrogen (secondary N) is 3. The number of aromatic nitrogens is 5. The first kappa shape index (κ1) is 20.4. The summed E-state index contributed by atoms with van der Waals surface area (Å²) in [6.45, 7) is 8.37. The second kappa shape index (κ2) is 8.29. The third-order valence-corrected chi connectivity index (χ3v) is 7.06. The fourth-order valence-corrected chi connectivity index (χ4v) is 5.05. The molecule has 1 saturated heterocycles. The molecular formula is C23H25N7O2S. The molecule has 170 valence electrons. The van der Waals surface area contributed by atoms with E-state index in [-0.39, 0.29) is 5.69 Å². The molecule has 9 nitrogen and oxygen atoms in total. The number of morpholine rings is 1. The van der Waals surface area contributed by atoms with E-state index in [1.165, 1.54) is 4.88 Å². The summed E-state index contributed by atoms with van der Waals surface area (Å²) in [4.78, 5) is 26.9. The fourth-order valence-electron chi connectivity index (χ4n) is 4.04. The van der Waals surface area contributed by atoms with Gasteiger partial charge in [-0.1, -0.05) is 6.58 Å². The van der Waals surface area contributed by atoms with Gasteiger partial charge in [0, 0.05) is 42.2 Å². The lowest BCUT2D eigenvalue weighted by atomic mass is 10.2. The Labute approximate surface area is 193 Å². The average Bonchev–Trinajstić information content (AvgIpc) is 3.19. The Hall–Kier alpha value is -3.21. The molecule has 1 aliphatic carbocycles. The first-order chi connectivity index (χ1) is 16.1. The van der Waals surface area contributed by atoms with Crippen LogP contribution < -0.4 is 21.7 Å². The van der Waals surface area contributed by atoms with E-state index < -0.39 is 0 Å². The van der Waals surface area contributed by atoms with Crippen LogP contribution in [0.15, 0.2) is 29.2 Å². The van der Waals surface area contributed by atoms with Crippen molar-refractivity contribution < 1.29 is 4.74 Å². The molecule has 0 aromatic carbocycles. The number of ether oxygens (including phenoxy) is 1.